The first-order chi connectivity index (χ1) is 12.7. The van der Waals surface area contributed by atoms with E-state index in [0.29, 0.717) is 12.3 Å². The predicted molar refractivity (Wildman–Crippen MR) is 110 cm³/mol. The summed E-state index contributed by atoms with van der Waals surface area (Å²) in [6.07, 6.45) is 8.40. The molecule has 0 bridgehead atoms. The number of hydrogen-bond acceptors (Lipinski definition) is 4. The number of carbonyl (C=O) groups excluding carboxylic acids is 2. The van der Waals surface area contributed by atoms with Crippen molar-refractivity contribution in [2.45, 2.75) is 63.2 Å². The van der Waals surface area contributed by atoms with Crippen molar-refractivity contribution in [2.75, 3.05) is 25.4 Å². The van der Waals surface area contributed by atoms with Gasteiger partial charge in [0.15, 0.2) is 0 Å². The van der Waals surface area contributed by atoms with Crippen LogP contribution >= 0.6 is 23.1 Å². The largest absolute Gasteiger partial charge is 0.342 e. The summed E-state index contributed by atoms with van der Waals surface area (Å²) in [7, 11) is 0. The van der Waals surface area contributed by atoms with Gasteiger partial charge in [0.05, 0.1) is 9.75 Å². The van der Waals surface area contributed by atoms with Gasteiger partial charge >= 0.3 is 0 Å². The van der Waals surface area contributed by atoms with Crippen LogP contribution in [0.1, 0.15) is 68.0 Å². The summed E-state index contributed by atoms with van der Waals surface area (Å²) in [5.41, 5.74) is 0. The summed E-state index contributed by atoms with van der Waals surface area (Å²) in [5, 5.41) is 1.96. The summed E-state index contributed by atoms with van der Waals surface area (Å²) in [6, 6.07) is 3.86. The number of thiophene rings is 1. The number of piperidine rings is 1. The lowest BCUT2D eigenvalue weighted by Gasteiger charge is -2.44. The lowest BCUT2D eigenvalue weighted by atomic mass is 10.0. The quantitative estimate of drug-likeness (QED) is 0.634. The first-order valence-corrected chi connectivity index (χ1v) is 11.8. The van der Waals surface area contributed by atoms with E-state index in [9.17, 15) is 9.59 Å². The van der Waals surface area contributed by atoms with Crippen molar-refractivity contribution in [3.8, 4) is 0 Å². The molecule has 1 spiro atoms. The maximum atomic E-state index is 12.9. The molecular weight excluding hydrogens is 364 g/mol. The van der Waals surface area contributed by atoms with Gasteiger partial charge in [-0.15, -0.1) is 23.1 Å². The van der Waals surface area contributed by atoms with Crippen LogP contribution in [0.3, 0.4) is 0 Å². The van der Waals surface area contributed by atoms with Gasteiger partial charge in [-0.25, -0.2) is 0 Å². The number of likely N-dealkylation sites (tertiary alicyclic amines) is 1. The van der Waals surface area contributed by atoms with E-state index in [2.05, 4.69) is 11.8 Å². The second-order valence-electron chi connectivity index (χ2n) is 7.27. The Labute approximate surface area is 165 Å². The van der Waals surface area contributed by atoms with Crippen LogP contribution in [0.5, 0.6) is 0 Å². The molecule has 0 atom stereocenters. The van der Waals surface area contributed by atoms with Crippen molar-refractivity contribution in [2.24, 2.45) is 0 Å². The second kappa shape index (κ2) is 9.27. The molecule has 6 heteroatoms. The van der Waals surface area contributed by atoms with E-state index >= 15 is 0 Å². The van der Waals surface area contributed by atoms with Crippen molar-refractivity contribution < 1.29 is 9.59 Å². The van der Waals surface area contributed by atoms with E-state index in [0.717, 1.165) is 55.9 Å². The second-order valence-corrected chi connectivity index (χ2v) is 9.68. The minimum Gasteiger partial charge on any atom is -0.342 e. The van der Waals surface area contributed by atoms with E-state index in [-0.39, 0.29) is 10.8 Å². The SMILES string of the molecule is CCCCCCCC(=O)N1CCC2(CC1)SCCN2C(=O)c1cccs1. The molecule has 0 saturated carbocycles. The average Bonchev–Trinajstić information content (AvgIpc) is 3.32. The summed E-state index contributed by atoms with van der Waals surface area (Å²) >= 11 is 3.43. The molecule has 0 aliphatic carbocycles. The van der Waals surface area contributed by atoms with Crippen LogP contribution in [0.25, 0.3) is 0 Å². The van der Waals surface area contributed by atoms with Crippen LogP contribution in [0.2, 0.25) is 0 Å². The van der Waals surface area contributed by atoms with Crippen LogP contribution in [0.15, 0.2) is 17.5 Å². The lowest BCUT2D eigenvalue weighted by molar-refractivity contribution is -0.132. The molecule has 4 nitrogen and oxygen atoms in total. The van der Waals surface area contributed by atoms with E-state index in [1.165, 1.54) is 30.6 Å². The van der Waals surface area contributed by atoms with Gasteiger partial charge in [-0.2, -0.15) is 0 Å². The van der Waals surface area contributed by atoms with Crippen molar-refractivity contribution in [1.29, 1.82) is 0 Å². The third kappa shape index (κ3) is 4.45. The summed E-state index contributed by atoms with van der Waals surface area (Å²) in [5.74, 6) is 1.47. The van der Waals surface area contributed by atoms with Crippen LogP contribution in [-0.4, -0.2) is 51.9 Å². The highest BCUT2D eigenvalue weighted by Crippen LogP contribution is 2.44. The van der Waals surface area contributed by atoms with Crippen LogP contribution in [0.4, 0.5) is 0 Å². The number of rotatable bonds is 7. The molecule has 1 aromatic heterocycles. The van der Waals surface area contributed by atoms with Crippen molar-refractivity contribution in [3.63, 3.8) is 0 Å². The van der Waals surface area contributed by atoms with E-state index in [1.807, 2.05) is 34.2 Å². The fourth-order valence-electron chi connectivity index (χ4n) is 3.99. The zero-order valence-corrected chi connectivity index (χ0v) is 17.4. The third-order valence-electron chi connectivity index (χ3n) is 5.55. The first-order valence-electron chi connectivity index (χ1n) is 9.93. The van der Waals surface area contributed by atoms with Crippen molar-refractivity contribution in [1.82, 2.24) is 9.80 Å². The highest BCUT2D eigenvalue weighted by molar-refractivity contribution is 8.00. The van der Waals surface area contributed by atoms with Gasteiger partial charge in [0, 0.05) is 31.8 Å². The Bertz CT molecular complexity index is 595. The molecule has 2 amide bonds. The van der Waals surface area contributed by atoms with E-state index in [1.54, 1.807) is 0 Å². The molecule has 3 rings (SSSR count). The molecular formula is C20H30N2O2S2. The molecule has 0 unspecified atom stereocenters. The number of hydrogen-bond donors (Lipinski definition) is 0. The summed E-state index contributed by atoms with van der Waals surface area (Å²) in [6.45, 7) is 4.61. The Balaban J connectivity index is 1.50. The highest BCUT2D eigenvalue weighted by Gasteiger charge is 2.47. The number of carbonyl (C=O) groups is 2. The molecule has 0 N–H and O–H groups in total. The Morgan fingerprint density at radius 1 is 1.12 bits per heavy atom. The molecule has 1 aromatic rings. The maximum Gasteiger partial charge on any atom is 0.265 e. The summed E-state index contributed by atoms with van der Waals surface area (Å²) in [4.78, 5) is 30.2. The number of thioether (sulfide) groups is 1. The van der Waals surface area contributed by atoms with Crippen LogP contribution < -0.4 is 0 Å². The average molecular weight is 395 g/mol. The van der Waals surface area contributed by atoms with Gasteiger partial charge in [0.25, 0.3) is 5.91 Å². The minimum atomic E-state index is -0.0982. The lowest BCUT2D eigenvalue weighted by Crippen LogP contribution is -2.53. The Kier molecular flexibility index (Phi) is 7.04. The molecule has 3 heterocycles. The topological polar surface area (TPSA) is 40.6 Å². The summed E-state index contributed by atoms with van der Waals surface area (Å²) < 4.78 is 0. The monoisotopic (exact) mass is 394 g/mol. The van der Waals surface area contributed by atoms with Crippen molar-refractivity contribution in [3.05, 3.63) is 22.4 Å². The molecule has 2 aliphatic heterocycles. The van der Waals surface area contributed by atoms with Gasteiger partial charge in [0.1, 0.15) is 0 Å². The highest BCUT2D eigenvalue weighted by atomic mass is 32.2. The van der Waals surface area contributed by atoms with Crippen molar-refractivity contribution >= 4 is 34.9 Å². The van der Waals surface area contributed by atoms with Gasteiger partial charge in [0.2, 0.25) is 5.91 Å². The molecule has 0 radical (unpaired) electrons. The Morgan fingerprint density at radius 2 is 1.88 bits per heavy atom. The van der Waals surface area contributed by atoms with Gasteiger partial charge < -0.3 is 9.80 Å². The standard InChI is InChI=1S/C20H30N2O2S2/c1-2-3-4-5-6-9-18(23)21-12-10-20(11-13-21)22(14-16-26-20)19(24)17-8-7-15-25-17/h7-8,15H,2-6,9-14,16H2,1H3. The minimum absolute atomic E-state index is 0.0982. The predicted octanol–water partition coefficient (Wildman–Crippen LogP) is 4.62. The first kappa shape index (κ1) is 19.7. The molecule has 2 saturated heterocycles. The molecule has 2 aliphatic rings. The maximum absolute atomic E-state index is 12.9. The van der Waals surface area contributed by atoms with E-state index < -0.39 is 0 Å². The molecule has 0 aromatic carbocycles. The van der Waals surface area contributed by atoms with E-state index in [4.69, 9.17) is 0 Å². The molecule has 144 valence electrons. The number of unbranched alkanes of at least 4 members (excludes halogenated alkanes) is 4. The smallest absolute Gasteiger partial charge is 0.265 e. The van der Waals surface area contributed by atoms with Gasteiger partial charge in [-0.1, -0.05) is 38.7 Å². The van der Waals surface area contributed by atoms with Gasteiger partial charge in [-0.3, -0.25) is 9.59 Å². The zero-order valence-electron chi connectivity index (χ0n) is 15.7. The zero-order chi connectivity index (χ0) is 18.4. The fraction of sp³-hybridized carbons (Fsp3) is 0.700. The normalized spacial score (nSPS) is 19.3. The number of nitrogens with zero attached hydrogens (tertiary/aromatic N) is 2. The Morgan fingerprint density at radius 3 is 2.58 bits per heavy atom. The van der Waals surface area contributed by atoms with Crippen LogP contribution in [-0.2, 0) is 4.79 Å². The third-order valence-corrected chi connectivity index (χ3v) is 7.96. The fourth-order valence-corrected chi connectivity index (χ4v) is 6.11. The molecule has 26 heavy (non-hydrogen) atoms. The Hall–Kier alpha value is -1.01. The molecule has 2 fully saturated rings. The van der Waals surface area contributed by atoms with Crippen LogP contribution in [0, 0.1) is 0 Å². The number of amides is 2. The van der Waals surface area contributed by atoms with Gasteiger partial charge in [-0.05, 0) is 30.7 Å².